The molecule has 29 heavy (non-hydrogen) atoms. The van der Waals surface area contributed by atoms with Crippen LogP contribution < -0.4 is 10.6 Å². The fraction of sp³-hybridized carbons (Fsp3) is 0.105. The Kier molecular flexibility index (Phi) is 5.60. The molecule has 10 heteroatoms. The van der Waals surface area contributed by atoms with Gasteiger partial charge in [0.2, 0.25) is 5.91 Å². The van der Waals surface area contributed by atoms with E-state index in [0.29, 0.717) is 16.5 Å². The van der Waals surface area contributed by atoms with E-state index < -0.39 is 36.1 Å². The third kappa shape index (κ3) is 4.75. The van der Waals surface area contributed by atoms with Crippen LogP contribution >= 0.6 is 11.6 Å². The molecule has 0 aliphatic carbocycles. The minimum absolute atomic E-state index is 0.0221. The maximum atomic E-state index is 12.8. The van der Waals surface area contributed by atoms with Crippen LogP contribution in [0.5, 0.6) is 0 Å². The number of hydrogen-bond acceptors (Lipinski definition) is 3. The van der Waals surface area contributed by atoms with Crippen molar-refractivity contribution in [3.8, 4) is 0 Å². The molecule has 4 amide bonds. The number of alkyl halides is 3. The normalized spacial score (nSPS) is 15.6. The number of carbonyl (C=O) groups excluding carboxylic acids is 3. The van der Waals surface area contributed by atoms with Crippen LogP contribution in [0.1, 0.15) is 11.1 Å². The van der Waals surface area contributed by atoms with Crippen molar-refractivity contribution >= 4 is 41.2 Å². The highest BCUT2D eigenvalue weighted by atomic mass is 35.5. The van der Waals surface area contributed by atoms with Crippen molar-refractivity contribution in [1.82, 2.24) is 10.2 Å². The van der Waals surface area contributed by atoms with Crippen molar-refractivity contribution < 1.29 is 27.6 Å². The number of halogens is 4. The first-order valence-electron chi connectivity index (χ1n) is 8.21. The monoisotopic (exact) mass is 423 g/mol. The smallest absolute Gasteiger partial charge is 0.323 e. The molecule has 1 aliphatic rings. The number of amides is 4. The van der Waals surface area contributed by atoms with E-state index in [4.69, 9.17) is 11.6 Å². The molecule has 150 valence electrons. The van der Waals surface area contributed by atoms with Crippen molar-refractivity contribution in [2.45, 2.75) is 6.18 Å². The molecule has 2 aromatic rings. The average molecular weight is 424 g/mol. The van der Waals surface area contributed by atoms with Crippen LogP contribution in [0.4, 0.5) is 23.7 Å². The van der Waals surface area contributed by atoms with E-state index in [1.54, 1.807) is 30.3 Å². The summed E-state index contributed by atoms with van der Waals surface area (Å²) in [6, 6.07) is 10.3. The molecule has 2 aromatic carbocycles. The number of rotatable bonds is 4. The van der Waals surface area contributed by atoms with Crippen LogP contribution in [0.2, 0.25) is 5.02 Å². The van der Waals surface area contributed by atoms with Gasteiger partial charge in [-0.05, 0) is 29.8 Å². The van der Waals surface area contributed by atoms with Gasteiger partial charge < -0.3 is 10.6 Å². The largest absolute Gasteiger partial charge is 0.416 e. The number of nitrogens with one attached hydrogen (secondary N) is 2. The molecule has 6 nitrogen and oxygen atoms in total. The van der Waals surface area contributed by atoms with Crippen molar-refractivity contribution in [2.75, 3.05) is 11.9 Å². The van der Waals surface area contributed by atoms with Gasteiger partial charge in [-0.3, -0.25) is 9.59 Å². The molecule has 0 unspecified atom stereocenters. The molecule has 3 rings (SSSR count). The Morgan fingerprint density at radius 1 is 1.14 bits per heavy atom. The van der Waals surface area contributed by atoms with Crippen molar-refractivity contribution in [1.29, 1.82) is 0 Å². The summed E-state index contributed by atoms with van der Waals surface area (Å²) in [6.45, 7) is -0.691. The number of benzene rings is 2. The molecule has 0 atom stereocenters. The van der Waals surface area contributed by atoms with Gasteiger partial charge in [-0.2, -0.15) is 13.2 Å². The number of urea groups is 1. The number of imide groups is 1. The topological polar surface area (TPSA) is 78.5 Å². The summed E-state index contributed by atoms with van der Waals surface area (Å²) in [5, 5.41) is 4.43. The first kappa shape index (κ1) is 20.4. The third-order valence-corrected chi connectivity index (χ3v) is 4.27. The van der Waals surface area contributed by atoms with Gasteiger partial charge in [-0.25, -0.2) is 9.69 Å². The molecular formula is C19H13ClF3N3O3. The fourth-order valence-electron chi connectivity index (χ4n) is 2.56. The van der Waals surface area contributed by atoms with Crippen molar-refractivity contribution in [3.63, 3.8) is 0 Å². The second-order valence-electron chi connectivity index (χ2n) is 6.03. The highest BCUT2D eigenvalue weighted by Crippen LogP contribution is 2.33. The number of carbonyl (C=O) groups is 3. The first-order valence-corrected chi connectivity index (χ1v) is 8.59. The second-order valence-corrected chi connectivity index (χ2v) is 6.44. The average Bonchev–Trinajstić information content (AvgIpc) is 2.91. The number of nitrogens with zero attached hydrogens (tertiary/aromatic N) is 1. The lowest BCUT2D eigenvalue weighted by molar-refractivity contribution is -0.137. The summed E-state index contributed by atoms with van der Waals surface area (Å²) in [7, 11) is 0. The summed E-state index contributed by atoms with van der Waals surface area (Å²) in [5.74, 6) is -1.61. The van der Waals surface area contributed by atoms with Crippen LogP contribution in [-0.2, 0) is 15.8 Å². The zero-order valence-corrected chi connectivity index (χ0v) is 15.3. The molecule has 0 bridgehead atoms. The van der Waals surface area contributed by atoms with E-state index in [-0.39, 0.29) is 16.4 Å². The Hall–Kier alpha value is -3.33. The van der Waals surface area contributed by atoms with Crippen LogP contribution in [0.3, 0.4) is 0 Å². The zero-order chi connectivity index (χ0) is 21.2. The molecular weight excluding hydrogens is 411 g/mol. The minimum Gasteiger partial charge on any atom is -0.323 e. The number of anilines is 1. The summed E-state index contributed by atoms with van der Waals surface area (Å²) < 4.78 is 38.5. The van der Waals surface area contributed by atoms with Gasteiger partial charge in [-0.1, -0.05) is 41.9 Å². The van der Waals surface area contributed by atoms with E-state index in [1.807, 2.05) is 0 Å². The van der Waals surface area contributed by atoms with E-state index in [9.17, 15) is 27.6 Å². The molecule has 0 radical (unpaired) electrons. The summed E-state index contributed by atoms with van der Waals surface area (Å²) in [6.07, 6.45) is -3.17. The molecule has 1 fully saturated rings. The molecule has 2 N–H and O–H groups in total. The highest BCUT2D eigenvalue weighted by Gasteiger charge is 2.35. The van der Waals surface area contributed by atoms with Crippen molar-refractivity contribution in [2.24, 2.45) is 0 Å². The molecule has 1 saturated heterocycles. The molecule has 1 heterocycles. The maximum Gasteiger partial charge on any atom is 0.416 e. The predicted molar refractivity (Wildman–Crippen MR) is 99.7 cm³/mol. The van der Waals surface area contributed by atoms with E-state index >= 15 is 0 Å². The van der Waals surface area contributed by atoms with Gasteiger partial charge in [0, 0.05) is 0 Å². The molecule has 0 spiro atoms. The lowest BCUT2D eigenvalue weighted by atomic mass is 10.2. The van der Waals surface area contributed by atoms with Gasteiger partial charge in [-0.15, -0.1) is 0 Å². The quantitative estimate of drug-likeness (QED) is 0.578. The lowest BCUT2D eigenvalue weighted by Gasteiger charge is -2.14. The van der Waals surface area contributed by atoms with Crippen molar-refractivity contribution in [3.05, 3.63) is 70.4 Å². The van der Waals surface area contributed by atoms with Gasteiger partial charge in [0.25, 0.3) is 5.91 Å². The van der Waals surface area contributed by atoms with Gasteiger partial charge in [0.1, 0.15) is 12.2 Å². The van der Waals surface area contributed by atoms with E-state index in [0.717, 1.165) is 12.1 Å². The second kappa shape index (κ2) is 7.96. The van der Waals surface area contributed by atoms with Crippen LogP contribution in [-0.4, -0.2) is 29.3 Å². The first-order chi connectivity index (χ1) is 13.6. The molecule has 1 aliphatic heterocycles. The fourth-order valence-corrected chi connectivity index (χ4v) is 2.73. The Labute approximate surface area is 167 Å². The highest BCUT2D eigenvalue weighted by molar-refractivity contribution is 6.33. The number of hydrogen-bond donors (Lipinski definition) is 2. The lowest BCUT2D eigenvalue weighted by Crippen LogP contribution is -2.38. The standard InChI is InChI=1S/C19H13ClF3N3O3/c20-13-7-6-12(19(21,22)23)9-14(13)24-16(27)10-26-17(28)15(25-18(26)29)8-11-4-2-1-3-5-11/h1-9H,10H2,(H,24,27)(H,25,29)/b15-8-. The Balaban J connectivity index is 1.72. The SMILES string of the molecule is O=C(CN1C(=O)N/C(=C\c2ccccc2)C1=O)Nc1cc(C(F)(F)F)ccc1Cl. The third-order valence-electron chi connectivity index (χ3n) is 3.94. The molecule has 0 saturated carbocycles. The molecule has 0 aromatic heterocycles. The predicted octanol–water partition coefficient (Wildman–Crippen LogP) is 3.89. The summed E-state index contributed by atoms with van der Waals surface area (Å²) in [4.78, 5) is 37.2. The van der Waals surface area contributed by atoms with Crippen LogP contribution in [0, 0.1) is 0 Å². The Morgan fingerprint density at radius 3 is 2.48 bits per heavy atom. The van der Waals surface area contributed by atoms with Gasteiger partial charge in [0.05, 0.1) is 16.3 Å². The van der Waals surface area contributed by atoms with E-state index in [2.05, 4.69) is 10.6 Å². The van der Waals surface area contributed by atoms with Gasteiger partial charge >= 0.3 is 12.2 Å². The Bertz CT molecular complexity index is 1010. The summed E-state index contributed by atoms with van der Waals surface area (Å²) in [5.41, 5.74) is -0.636. The van der Waals surface area contributed by atoms with E-state index in [1.165, 1.54) is 6.08 Å². The van der Waals surface area contributed by atoms with Crippen LogP contribution in [0.15, 0.2) is 54.2 Å². The summed E-state index contributed by atoms with van der Waals surface area (Å²) >= 11 is 5.83. The van der Waals surface area contributed by atoms with Gasteiger partial charge in [0.15, 0.2) is 0 Å². The Morgan fingerprint density at radius 2 is 1.83 bits per heavy atom. The minimum atomic E-state index is -4.62. The zero-order valence-electron chi connectivity index (χ0n) is 14.6. The van der Waals surface area contributed by atoms with Crippen LogP contribution in [0.25, 0.3) is 6.08 Å². The maximum absolute atomic E-state index is 12.8.